The van der Waals surface area contributed by atoms with E-state index in [1.54, 1.807) is 6.92 Å². The number of carboxylic acids is 1. The maximum Gasteiger partial charge on any atom is 1.00 e. The first-order valence-corrected chi connectivity index (χ1v) is 2.91. The van der Waals surface area contributed by atoms with E-state index >= 15 is 0 Å². The second kappa shape index (κ2) is 4.39. The summed E-state index contributed by atoms with van der Waals surface area (Å²) in [7, 11) is 0. The molecule has 0 aliphatic carbocycles. The number of aromatic carboxylic acids is 1. The molecule has 1 aromatic rings. The average molecular weight is 175 g/mol. The molecule has 2 N–H and O–H groups in total. The minimum absolute atomic E-state index is 0. The van der Waals surface area contributed by atoms with Gasteiger partial charge in [0.05, 0.1) is 17.4 Å². The molecule has 5 nitrogen and oxygen atoms in total. The molecule has 1 heterocycles. The number of aryl methyl sites for hydroxylation is 1. The van der Waals surface area contributed by atoms with Crippen LogP contribution in [0.15, 0.2) is 6.33 Å². The third-order valence-corrected chi connectivity index (χ3v) is 1.28. The Morgan fingerprint density at radius 2 is 2.17 bits per heavy atom. The van der Waals surface area contributed by atoms with Gasteiger partial charge in [0, 0.05) is 0 Å². The number of rotatable bonds is 1. The van der Waals surface area contributed by atoms with Gasteiger partial charge in [-0.3, -0.25) is 0 Å². The Labute approximate surface area is 91.3 Å². The van der Waals surface area contributed by atoms with Crippen LogP contribution in [0.4, 0.5) is 5.69 Å². The number of carbonyl (C=O) groups is 1. The number of aromatic nitrogens is 2. The summed E-state index contributed by atoms with van der Waals surface area (Å²) in [6.07, 6.45) is 1.14. The van der Waals surface area contributed by atoms with Gasteiger partial charge >= 0.3 is 29.6 Å². The van der Waals surface area contributed by atoms with Crippen molar-refractivity contribution < 1.29 is 39.5 Å². The Morgan fingerprint density at radius 1 is 1.58 bits per heavy atom. The molecular weight excluding hydrogens is 169 g/mol. The fourth-order valence-corrected chi connectivity index (χ4v) is 0.646. The Kier molecular flexibility index (Phi) is 4.16. The number of nitrogens with two attached hydrogens (primary N) is 1. The number of nitrogens with zero attached hydrogens (tertiary/aromatic N) is 2. The summed E-state index contributed by atoms with van der Waals surface area (Å²) in [6.45, 7) is 1.60. The zero-order chi connectivity index (χ0) is 8.43. The van der Waals surface area contributed by atoms with Crippen LogP contribution in [0.3, 0.4) is 0 Å². The van der Waals surface area contributed by atoms with Crippen LogP contribution >= 0.6 is 0 Å². The molecule has 0 saturated carbocycles. The van der Waals surface area contributed by atoms with Gasteiger partial charge in [0.1, 0.15) is 12.0 Å². The number of nitrogen functional groups attached to an aromatic ring is 1. The normalized spacial score (nSPS) is 8.75. The third kappa shape index (κ3) is 2.17. The molecule has 0 amide bonds. The molecule has 0 saturated heterocycles. The van der Waals surface area contributed by atoms with Crippen LogP contribution in [-0.2, 0) is 0 Å². The summed E-state index contributed by atoms with van der Waals surface area (Å²) >= 11 is 0. The van der Waals surface area contributed by atoms with E-state index in [1.165, 1.54) is 0 Å². The Hall–Kier alpha value is -0.650. The SMILES string of the molecule is Cc1ncnc(C(=O)[O-])c1N.[Na+]. The molecule has 1 rings (SSSR count). The minimum Gasteiger partial charge on any atom is -0.543 e. The van der Waals surface area contributed by atoms with E-state index < -0.39 is 5.97 Å². The second-order valence-corrected chi connectivity index (χ2v) is 2.01. The predicted molar refractivity (Wildman–Crippen MR) is 35.5 cm³/mol. The first-order valence-electron chi connectivity index (χ1n) is 2.91. The molecule has 0 fully saturated rings. The van der Waals surface area contributed by atoms with Crippen LogP contribution in [0.1, 0.15) is 16.2 Å². The predicted octanol–water partition coefficient (Wildman–Crippen LogP) is -4.27. The molecule has 0 aromatic carbocycles. The van der Waals surface area contributed by atoms with Crippen molar-refractivity contribution in [1.82, 2.24) is 9.97 Å². The number of anilines is 1. The van der Waals surface area contributed by atoms with Gasteiger partial charge in [0.25, 0.3) is 0 Å². The summed E-state index contributed by atoms with van der Waals surface area (Å²) in [6, 6.07) is 0. The molecular formula is C6H6N3NaO2. The fourth-order valence-electron chi connectivity index (χ4n) is 0.646. The standard InChI is InChI=1S/C6H7N3O2.Na/c1-3-4(7)5(6(10)11)9-2-8-3;/h2H,7H2,1H3,(H,10,11);/q;+1/p-1. The van der Waals surface area contributed by atoms with E-state index in [0.717, 1.165) is 6.33 Å². The van der Waals surface area contributed by atoms with E-state index in [4.69, 9.17) is 5.73 Å². The van der Waals surface area contributed by atoms with Gasteiger partial charge in [0.2, 0.25) is 0 Å². The topological polar surface area (TPSA) is 91.9 Å². The third-order valence-electron chi connectivity index (χ3n) is 1.28. The van der Waals surface area contributed by atoms with Crippen LogP contribution in [-0.4, -0.2) is 15.9 Å². The molecule has 0 radical (unpaired) electrons. The van der Waals surface area contributed by atoms with Gasteiger partial charge in [-0.05, 0) is 6.92 Å². The van der Waals surface area contributed by atoms with E-state index in [-0.39, 0.29) is 40.9 Å². The number of hydrogen-bond acceptors (Lipinski definition) is 5. The van der Waals surface area contributed by atoms with Crippen molar-refractivity contribution in [3.8, 4) is 0 Å². The number of carboxylic acid groups (broad SMARTS) is 1. The first-order chi connectivity index (χ1) is 5.13. The molecule has 0 aliphatic heterocycles. The van der Waals surface area contributed by atoms with E-state index in [0.29, 0.717) is 5.69 Å². The van der Waals surface area contributed by atoms with Crippen molar-refractivity contribution >= 4 is 11.7 Å². The smallest absolute Gasteiger partial charge is 0.543 e. The molecule has 0 atom stereocenters. The molecule has 58 valence electrons. The van der Waals surface area contributed by atoms with Crippen molar-refractivity contribution in [2.24, 2.45) is 0 Å². The summed E-state index contributed by atoms with van der Waals surface area (Å²) in [4.78, 5) is 17.4. The monoisotopic (exact) mass is 175 g/mol. The van der Waals surface area contributed by atoms with Crippen LogP contribution < -0.4 is 40.4 Å². The summed E-state index contributed by atoms with van der Waals surface area (Å²) < 4.78 is 0. The molecule has 6 heteroatoms. The summed E-state index contributed by atoms with van der Waals surface area (Å²) in [5.41, 5.74) is 5.59. The number of carbonyl (C=O) groups excluding carboxylic acids is 1. The summed E-state index contributed by atoms with van der Waals surface area (Å²) in [5.74, 6) is -1.38. The zero-order valence-electron chi connectivity index (χ0n) is 6.87. The van der Waals surface area contributed by atoms with Crippen molar-refractivity contribution in [2.75, 3.05) is 5.73 Å². The maximum absolute atomic E-state index is 10.3. The second-order valence-electron chi connectivity index (χ2n) is 2.01. The van der Waals surface area contributed by atoms with Gasteiger partial charge in [-0.15, -0.1) is 0 Å². The largest absolute Gasteiger partial charge is 1.00 e. The van der Waals surface area contributed by atoms with Crippen molar-refractivity contribution in [3.63, 3.8) is 0 Å². The Balaban J connectivity index is 0.00000121. The van der Waals surface area contributed by atoms with Gasteiger partial charge in [-0.25, -0.2) is 9.97 Å². The minimum atomic E-state index is -1.38. The molecule has 0 unspecified atom stereocenters. The van der Waals surface area contributed by atoms with Gasteiger partial charge in [0.15, 0.2) is 0 Å². The van der Waals surface area contributed by atoms with E-state index in [2.05, 4.69) is 9.97 Å². The average Bonchev–Trinajstić information content (AvgIpc) is 1.94. The Morgan fingerprint density at radius 3 is 2.58 bits per heavy atom. The van der Waals surface area contributed by atoms with Crippen LogP contribution in [0, 0.1) is 6.92 Å². The van der Waals surface area contributed by atoms with Crippen LogP contribution in [0.5, 0.6) is 0 Å². The molecule has 12 heavy (non-hydrogen) atoms. The Bertz CT molecular complexity index is 303. The zero-order valence-corrected chi connectivity index (χ0v) is 8.87. The molecule has 0 bridgehead atoms. The van der Waals surface area contributed by atoms with Crippen LogP contribution in [0.25, 0.3) is 0 Å². The van der Waals surface area contributed by atoms with Crippen molar-refractivity contribution in [1.29, 1.82) is 0 Å². The van der Waals surface area contributed by atoms with Crippen molar-refractivity contribution in [3.05, 3.63) is 17.7 Å². The van der Waals surface area contributed by atoms with Gasteiger partial charge in [-0.1, -0.05) is 0 Å². The van der Waals surface area contributed by atoms with E-state index in [9.17, 15) is 9.90 Å². The van der Waals surface area contributed by atoms with E-state index in [1.807, 2.05) is 0 Å². The quantitative estimate of drug-likeness (QED) is 0.436. The van der Waals surface area contributed by atoms with Crippen LogP contribution in [0.2, 0.25) is 0 Å². The molecule has 0 spiro atoms. The van der Waals surface area contributed by atoms with Crippen molar-refractivity contribution in [2.45, 2.75) is 6.92 Å². The fraction of sp³-hybridized carbons (Fsp3) is 0.167. The van der Waals surface area contributed by atoms with Gasteiger partial charge < -0.3 is 15.6 Å². The molecule has 1 aromatic heterocycles. The maximum atomic E-state index is 10.3. The summed E-state index contributed by atoms with van der Waals surface area (Å²) in [5, 5.41) is 10.3. The number of hydrogen-bond donors (Lipinski definition) is 1. The first kappa shape index (κ1) is 11.4. The molecule has 0 aliphatic rings. The van der Waals surface area contributed by atoms with Gasteiger partial charge in [-0.2, -0.15) is 0 Å².